The molecule has 0 atom stereocenters. The summed E-state index contributed by atoms with van der Waals surface area (Å²) in [6, 6.07) is 3.87. The van der Waals surface area contributed by atoms with E-state index in [0.29, 0.717) is 31.9 Å². The molecule has 5 heteroatoms. The average Bonchev–Trinajstić information content (AvgIpc) is 3.00. The third kappa shape index (κ3) is 4.16. The molecule has 1 N–H and O–H groups in total. The fraction of sp³-hybridized carbons (Fsp3) is 0.667. The second-order valence-corrected chi connectivity index (χ2v) is 4.79. The number of unbranched alkanes of at least 4 members (excludes halogenated alkanes) is 1. The van der Waals surface area contributed by atoms with Gasteiger partial charge in [-0.1, -0.05) is 13.3 Å². The first-order valence-corrected chi connectivity index (χ1v) is 7.32. The molecule has 0 radical (unpaired) electrons. The van der Waals surface area contributed by atoms with Gasteiger partial charge in [0.1, 0.15) is 11.4 Å². The summed E-state index contributed by atoms with van der Waals surface area (Å²) in [6.45, 7) is 4.14. The summed E-state index contributed by atoms with van der Waals surface area (Å²) in [5.41, 5.74) is 1.64. The third-order valence-corrected chi connectivity index (χ3v) is 3.14. The molecule has 1 fully saturated rings. The summed E-state index contributed by atoms with van der Waals surface area (Å²) in [5.74, 6) is 0.734. The number of aliphatic hydroxyl groups is 1. The molecule has 112 valence electrons. The first-order valence-electron chi connectivity index (χ1n) is 7.32. The Morgan fingerprint density at radius 2 is 2.10 bits per heavy atom. The lowest BCUT2D eigenvalue weighted by molar-refractivity contribution is -0.0491. The molecule has 0 unspecified atom stereocenters. The van der Waals surface area contributed by atoms with Gasteiger partial charge in [-0.05, 0) is 31.4 Å². The maximum atomic E-state index is 8.90. The maximum Gasteiger partial charge on any atom is 0.205 e. The fourth-order valence-electron chi connectivity index (χ4n) is 2.04. The molecule has 0 bridgehead atoms. The van der Waals surface area contributed by atoms with Crippen molar-refractivity contribution in [2.24, 2.45) is 0 Å². The van der Waals surface area contributed by atoms with Gasteiger partial charge in [0, 0.05) is 12.3 Å². The summed E-state index contributed by atoms with van der Waals surface area (Å²) in [6.07, 6.45) is 3.12. The van der Waals surface area contributed by atoms with E-state index in [9.17, 15) is 0 Å². The highest BCUT2D eigenvalue weighted by atomic mass is 16.7. The third-order valence-electron chi connectivity index (χ3n) is 3.14. The van der Waals surface area contributed by atoms with Gasteiger partial charge in [0.05, 0.1) is 19.8 Å². The Bertz CT molecular complexity index is 405. The number of ether oxygens (including phenoxy) is 3. The molecule has 1 saturated heterocycles. The summed E-state index contributed by atoms with van der Waals surface area (Å²) in [7, 11) is 0. The molecular weight excluding hydrogens is 258 g/mol. The van der Waals surface area contributed by atoms with Gasteiger partial charge in [-0.25, -0.2) is 4.98 Å². The van der Waals surface area contributed by atoms with Crippen LogP contribution in [0.15, 0.2) is 12.1 Å². The van der Waals surface area contributed by atoms with Gasteiger partial charge in [0.15, 0.2) is 0 Å². The number of pyridine rings is 1. The smallest absolute Gasteiger partial charge is 0.205 e. The predicted molar refractivity (Wildman–Crippen MR) is 74.7 cm³/mol. The number of hydrogen-bond donors (Lipinski definition) is 1. The Morgan fingerprint density at radius 1 is 1.30 bits per heavy atom. The zero-order chi connectivity index (χ0) is 14.2. The zero-order valence-corrected chi connectivity index (χ0v) is 12.0. The molecule has 1 aliphatic rings. The van der Waals surface area contributed by atoms with E-state index in [1.54, 1.807) is 0 Å². The number of hydrogen-bond acceptors (Lipinski definition) is 5. The van der Waals surface area contributed by atoms with E-state index in [0.717, 1.165) is 30.7 Å². The Labute approximate surface area is 119 Å². The highest BCUT2D eigenvalue weighted by Crippen LogP contribution is 2.30. The van der Waals surface area contributed by atoms with Crippen LogP contribution >= 0.6 is 0 Å². The SMILES string of the molecule is CCCCOc1ccc(CCCO)nc1C1OCCO1. The van der Waals surface area contributed by atoms with Crippen LogP contribution < -0.4 is 4.74 Å². The molecule has 0 aliphatic carbocycles. The van der Waals surface area contributed by atoms with E-state index in [1.807, 2.05) is 12.1 Å². The Morgan fingerprint density at radius 3 is 2.80 bits per heavy atom. The second-order valence-electron chi connectivity index (χ2n) is 4.79. The minimum absolute atomic E-state index is 0.169. The highest BCUT2D eigenvalue weighted by Gasteiger charge is 2.24. The lowest BCUT2D eigenvalue weighted by atomic mass is 10.2. The van der Waals surface area contributed by atoms with Crippen molar-refractivity contribution >= 4 is 0 Å². The second kappa shape index (κ2) is 8.19. The van der Waals surface area contributed by atoms with Crippen LogP contribution in [0.2, 0.25) is 0 Å². The number of aryl methyl sites for hydroxylation is 1. The van der Waals surface area contributed by atoms with Crippen LogP contribution in [0.3, 0.4) is 0 Å². The lowest BCUT2D eigenvalue weighted by Crippen LogP contribution is -2.09. The van der Waals surface area contributed by atoms with Crippen LogP contribution in [0, 0.1) is 0 Å². The molecule has 0 saturated carbocycles. The van der Waals surface area contributed by atoms with E-state index < -0.39 is 6.29 Å². The van der Waals surface area contributed by atoms with Crippen LogP contribution in [0.5, 0.6) is 5.75 Å². The van der Waals surface area contributed by atoms with Crippen molar-refractivity contribution in [1.82, 2.24) is 4.98 Å². The quantitative estimate of drug-likeness (QED) is 0.740. The van der Waals surface area contributed by atoms with Gasteiger partial charge in [0.2, 0.25) is 6.29 Å². The Kier molecular flexibility index (Phi) is 6.24. The molecule has 0 aromatic carbocycles. The molecule has 1 aromatic heterocycles. The number of aromatic nitrogens is 1. The molecule has 0 spiro atoms. The minimum Gasteiger partial charge on any atom is -0.491 e. The molecule has 2 heterocycles. The molecule has 0 amide bonds. The Balaban J connectivity index is 2.11. The van der Waals surface area contributed by atoms with Gasteiger partial charge in [-0.2, -0.15) is 0 Å². The van der Waals surface area contributed by atoms with E-state index in [4.69, 9.17) is 19.3 Å². The molecule has 20 heavy (non-hydrogen) atoms. The summed E-state index contributed by atoms with van der Waals surface area (Å²) in [5, 5.41) is 8.90. The first kappa shape index (κ1) is 15.2. The molecular formula is C15H23NO4. The van der Waals surface area contributed by atoms with Gasteiger partial charge in [-0.3, -0.25) is 0 Å². The van der Waals surface area contributed by atoms with Crippen molar-refractivity contribution in [3.05, 3.63) is 23.5 Å². The highest BCUT2D eigenvalue weighted by molar-refractivity contribution is 5.31. The first-order chi connectivity index (χ1) is 9.85. The average molecular weight is 281 g/mol. The van der Waals surface area contributed by atoms with Gasteiger partial charge >= 0.3 is 0 Å². The van der Waals surface area contributed by atoms with Crippen LogP contribution in [0.4, 0.5) is 0 Å². The minimum atomic E-state index is -0.430. The normalized spacial score (nSPS) is 15.7. The van der Waals surface area contributed by atoms with Crippen LogP contribution in [-0.4, -0.2) is 36.5 Å². The van der Waals surface area contributed by atoms with Crippen molar-refractivity contribution in [2.45, 2.75) is 38.9 Å². The Hall–Kier alpha value is -1.17. The van der Waals surface area contributed by atoms with Gasteiger partial charge in [0.25, 0.3) is 0 Å². The molecule has 1 aromatic rings. The monoisotopic (exact) mass is 281 g/mol. The van der Waals surface area contributed by atoms with E-state index >= 15 is 0 Å². The maximum absolute atomic E-state index is 8.90. The van der Waals surface area contributed by atoms with Crippen molar-refractivity contribution in [1.29, 1.82) is 0 Å². The zero-order valence-electron chi connectivity index (χ0n) is 12.0. The topological polar surface area (TPSA) is 60.8 Å². The molecule has 5 nitrogen and oxygen atoms in total. The predicted octanol–water partition coefficient (Wildman–Crippen LogP) is 2.23. The molecule has 1 aliphatic heterocycles. The van der Waals surface area contributed by atoms with Gasteiger partial charge in [-0.15, -0.1) is 0 Å². The van der Waals surface area contributed by atoms with Crippen molar-refractivity contribution < 1.29 is 19.3 Å². The number of rotatable bonds is 8. The van der Waals surface area contributed by atoms with Crippen LogP contribution in [0.25, 0.3) is 0 Å². The molecule has 2 rings (SSSR count). The van der Waals surface area contributed by atoms with E-state index in [-0.39, 0.29) is 6.61 Å². The number of aliphatic hydroxyl groups excluding tert-OH is 1. The van der Waals surface area contributed by atoms with Crippen molar-refractivity contribution in [3.63, 3.8) is 0 Å². The van der Waals surface area contributed by atoms with Crippen molar-refractivity contribution in [2.75, 3.05) is 26.4 Å². The van der Waals surface area contributed by atoms with Crippen LogP contribution in [0.1, 0.15) is 43.9 Å². The van der Waals surface area contributed by atoms with Gasteiger partial charge < -0.3 is 19.3 Å². The lowest BCUT2D eigenvalue weighted by Gasteiger charge is -2.15. The van der Waals surface area contributed by atoms with E-state index in [1.165, 1.54) is 0 Å². The summed E-state index contributed by atoms with van der Waals surface area (Å²) in [4.78, 5) is 4.58. The largest absolute Gasteiger partial charge is 0.491 e. The summed E-state index contributed by atoms with van der Waals surface area (Å²) >= 11 is 0. The fourth-order valence-corrected chi connectivity index (χ4v) is 2.04. The van der Waals surface area contributed by atoms with E-state index in [2.05, 4.69) is 11.9 Å². The number of nitrogens with zero attached hydrogens (tertiary/aromatic N) is 1. The standard InChI is InChI=1S/C15H23NO4/c1-2-3-9-18-13-7-6-12(5-4-8-17)16-14(13)15-19-10-11-20-15/h6-7,15,17H,2-5,8-11H2,1H3. The van der Waals surface area contributed by atoms with Crippen molar-refractivity contribution in [3.8, 4) is 5.75 Å². The summed E-state index contributed by atoms with van der Waals surface area (Å²) < 4.78 is 16.8. The van der Waals surface area contributed by atoms with Crippen LogP contribution in [-0.2, 0) is 15.9 Å².